The molecule has 0 rings (SSSR count). The highest BCUT2D eigenvalue weighted by Gasteiger charge is 2.28. The molecule has 0 spiro atoms. The number of phosphoric ester groups is 1. The van der Waals surface area contributed by atoms with Crippen LogP contribution in [0.1, 0.15) is 219 Å². The Morgan fingerprint density at radius 2 is 0.938 bits per heavy atom. The molecule has 64 heavy (non-hydrogen) atoms. The summed E-state index contributed by atoms with van der Waals surface area (Å²) in [5.74, 6) is -0.161. The van der Waals surface area contributed by atoms with Crippen LogP contribution >= 0.6 is 7.82 Å². The zero-order valence-corrected chi connectivity index (χ0v) is 43.1. The summed E-state index contributed by atoms with van der Waals surface area (Å²) < 4.78 is 23.7. The van der Waals surface area contributed by atoms with Crippen LogP contribution < -0.4 is 5.32 Å². The highest BCUT2D eigenvalue weighted by atomic mass is 31.2. The smallest absolute Gasteiger partial charge is 0.391 e. The molecule has 3 unspecified atom stereocenters. The number of amides is 1. The predicted molar refractivity (Wildman–Crippen MR) is 276 cm³/mol. The van der Waals surface area contributed by atoms with Crippen molar-refractivity contribution >= 4 is 13.7 Å². The van der Waals surface area contributed by atoms with Gasteiger partial charge < -0.3 is 19.8 Å². The molecule has 0 aromatic rings. The second kappa shape index (κ2) is 46.1. The fourth-order valence-electron chi connectivity index (χ4n) is 7.34. The lowest BCUT2D eigenvalue weighted by molar-refractivity contribution is -0.870. The third-order valence-electron chi connectivity index (χ3n) is 11.5. The van der Waals surface area contributed by atoms with Crippen molar-refractivity contribution in [3.63, 3.8) is 0 Å². The summed E-state index contributed by atoms with van der Waals surface area (Å²) in [4.78, 5) is 23.3. The van der Waals surface area contributed by atoms with E-state index in [1.165, 1.54) is 103 Å². The third kappa shape index (κ3) is 47.9. The number of aliphatic hydroxyl groups excluding tert-OH is 1. The summed E-state index contributed by atoms with van der Waals surface area (Å²) in [5.41, 5.74) is 0. The van der Waals surface area contributed by atoms with Crippen LogP contribution in [0.5, 0.6) is 0 Å². The van der Waals surface area contributed by atoms with E-state index < -0.39 is 20.0 Å². The standard InChI is InChI=1S/C55H101N2O6P/c1-6-8-10-12-14-16-18-20-22-24-25-26-27-28-29-30-31-33-35-37-39-41-43-45-47-49-55(59)56-53(52-63-64(60,61)62-51-50-57(3,4)5)54(58)48-46-44-42-40-38-36-34-32-23-21-19-17-15-13-11-9-7-2/h8,10,14,16,20,22,25-26,28-29,31,33,53-54,58H,6-7,9,11-13,15,17-19,21,23-24,27,30,32,34-52H2,1-5H3,(H-,56,59,60,61)/p+1/b10-8-,16-14-,22-20-,26-25-,29-28-,33-31-. The van der Waals surface area contributed by atoms with E-state index in [-0.39, 0.29) is 19.1 Å². The molecule has 3 atom stereocenters. The highest BCUT2D eigenvalue weighted by molar-refractivity contribution is 7.47. The third-order valence-corrected chi connectivity index (χ3v) is 12.5. The number of phosphoric acid groups is 1. The lowest BCUT2D eigenvalue weighted by Gasteiger charge is -2.26. The maximum atomic E-state index is 13.0. The monoisotopic (exact) mass is 918 g/mol. The van der Waals surface area contributed by atoms with Crippen LogP contribution in [0.25, 0.3) is 0 Å². The SMILES string of the molecule is CC/C=C\C/C=C\C/C=C\C/C=C\C/C=C\C/C=C\CCCCCCCCC(=O)NC(COP(=O)(O)OCC[N+](C)(C)C)C(O)CCCCCCCCCCCCCCCCCCC. The minimum absolute atomic E-state index is 0.0681. The zero-order valence-electron chi connectivity index (χ0n) is 42.3. The molecule has 0 heterocycles. The van der Waals surface area contributed by atoms with Crippen LogP contribution in [-0.2, 0) is 18.4 Å². The number of nitrogens with one attached hydrogen (secondary N) is 1. The number of unbranched alkanes of at least 4 members (excludes halogenated alkanes) is 22. The molecule has 372 valence electrons. The first-order valence-electron chi connectivity index (χ1n) is 26.3. The van der Waals surface area contributed by atoms with Crippen molar-refractivity contribution in [2.75, 3.05) is 40.9 Å². The van der Waals surface area contributed by atoms with Gasteiger partial charge in [0.05, 0.1) is 39.9 Å². The number of nitrogens with zero attached hydrogens (tertiary/aromatic N) is 1. The van der Waals surface area contributed by atoms with Crippen LogP contribution in [0, 0.1) is 0 Å². The Morgan fingerprint density at radius 1 is 0.547 bits per heavy atom. The molecule has 8 nitrogen and oxygen atoms in total. The fraction of sp³-hybridized carbons (Fsp3) is 0.764. The molecule has 0 fully saturated rings. The molecular weight excluding hydrogens is 816 g/mol. The lowest BCUT2D eigenvalue weighted by atomic mass is 10.0. The topological polar surface area (TPSA) is 105 Å². The van der Waals surface area contributed by atoms with Crippen molar-refractivity contribution in [1.82, 2.24) is 5.32 Å². The molecule has 0 aromatic heterocycles. The van der Waals surface area contributed by atoms with E-state index in [9.17, 15) is 19.4 Å². The summed E-state index contributed by atoms with van der Waals surface area (Å²) in [6.07, 6.45) is 62.2. The van der Waals surface area contributed by atoms with Gasteiger partial charge in [0.2, 0.25) is 5.91 Å². The Labute approximate surface area is 395 Å². The maximum absolute atomic E-state index is 13.0. The Balaban J connectivity index is 4.29. The molecule has 0 aromatic carbocycles. The molecule has 0 radical (unpaired) electrons. The van der Waals surface area contributed by atoms with Gasteiger partial charge in [0.15, 0.2) is 0 Å². The Bertz CT molecular complexity index is 1270. The van der Waals surface area contributed by atoms with E-state index in [4.69, 9.17) is 9.05 Å². The zero-order chi connectivity index (χ0) is 47.1. The minimum atomic E-state index is -4.33. The number of carbonyl (C=O) groups excluding carboxylic acids is 1. The molecule has 9 heteroatoms. The molecule has 0 saturated carbocycles. The number of hydrogen-bond acceptors (Lipinski definition) is 5. The number of carbonyl (C=O) groups is 1. The van der Waals surface area contributed by atoms with Crippen LogP contribution in [0.4, 0.5) is 0 Å². The average Bonchev–Trinajstić information content (AvgIpc) is 3.25. The molecule has 1 amide bonds. The molecule has 0 aliphatic rings. The number of rotatable bonds is 47. The van der Waals surface area contributed by atoms with Crippen molar-refractivity contribution in [2.24, 2.45) is 0 Å². The summed E-state index contributed by atoms with van der Waals surface area (Å²) in [5, 5.41) is 14.0. The number of quaternary nitrogens is 1. The molecule has 0 aliphatic carbocycles. The largest absolute Gasteiger partial charge is 0.472 e. The van der Waals surface area contributed by atoms with E-state index in [1.807, 2.05) is 21.1 Å². The van der Waals surface area contributed by atoms with Gasteiger partial charge in [-0.1, -0.05) is 222 Å². The van der Waals surface area contributed by atoms with E-state index in [0.29, 0.717) is 23.9 Å². The first-order valence-corrected chi connectivity index (χ1v) is 27.8. The second-order valence-electron chi connectivity index (χ2n) is 18.9. The predicted octanol–water partition coefficient (Wildman–Crippen LogP) is 15.5. The van der Waals surface area contributed by atoms with E-state index >= 15 is 0 Å². The molecular formula is C55H102N2O6P+. The van der Waals surface area contributed by atoms with Crippen molar-refractivity contribution in [2.45, 2.75) is 231 Å². The van der Waals surface area contributed by atoms with Gasteiger partial charge in [0, 0.05) is 6.42 Å². The van der Waals surface area contributed by atoms with Gasteiger partial charge in [-0.05, 0) is 64.2 Å². The van der Waals surface area contributed by atoms with Gasteiger partial charge in [-0.3, -0.25) is 13.8 Å². The van der Waals surface area contributed by atoms with E-state index in [0.717, 1.165) is 89.9 Å². The van der Waals surface area contributed by atoms with Gasteiger partial charge in [0.1, 0.15) is 13.2 Å². The number of likely N-dealkylation sites (N-methyl/N-ethyl adjacent to an activating group) is 1. The van der Waals surface area contributed by atoms with Crippen molar-refractivity contribution in [3.8, 4) is 0 Å². The molecule has 0 bridgehead atoms. The summed E-state index contributed by atoms with van der Waals surface area (Å²) in [6.45, 7) is 4.76. The van der Waals surface area contributed by atoms with Crippen LogP contribution in [-0.4, -0.2) is 73.4 Å². The Morgan fingerprint density at radius 3 is 1.38 bits per heavy atom. The molecule has 0 aliphatic heterocycles. The molecule has 0 saturated heterocycles. The Kier molecular flexibility index (Phi) is 44.6. The number of aliphatic hydroxyl groups is 1. The highest BCUT2D eigenvalue weighted by Crippen LogP contribution is 2.43. The van der Waals surface area contributed by atoms with Gasteiger partial charge in [-0.25, -0.2) is 4.57 Å². The first kappa shape index (κ1) is 61.9. The minimum Gasteiger partial charge on any atom is -0.391 e. The Hall–Kier alpha value is -2.06. The van der Waals surface area contributed by atoms with Gasteiger partial charge in [0.25, 0.3) is 0 Å². The van der Waals surface area contributed by atoms with Crippen LogP contribution in [0.2, 0.25) is 0 Å². The van der Waals surface area contributed by atoms with Gasteiger partial charge in [-0.15, -0.1) is 0 Å². The maximum Gasteiger partial charge on any atom is 0.472 e. The van der Waals surface area contributed by atoms with Crippen molar-refractivity contribution < 1.29 is 32.9 Å². The molecule has 3 N–H and O–H groups in total. The summed E-state index contributed by atoms with van der Waals surface area (Å²) in [7, 11) is 1.60. The average molecular weight is 918 g/mol. The van der Waals surface area contributed by atoms with Crippen molar-refractivity contribution in [1.29, 1.82) is 0 Å². The quantitative estimate of drug-likeness (QED) is 0.0243. The normalized spacial score (nSPS) is 14.7. The van der Waals surface area contributed by atoms with Crippen LogP contribution in [0.15, 0.2) is 72.9 Å². The number of hydrogen-bond donors (Lipinski definition) is 3. The lowest BCUT2D eigenvalue weighted by Crippen LogP contribution is -2.46. The second-order valence-corrected chi connectivity index (χ2v) is 20.3. The van der Waals surface area contributed by atoms with E-state index in [1.54, 1.807) is 0 Å². The first-order chi connectivity index (χ1) is 31.0. The summed E-state index contributed by atoms with van der Waals surface area (Å²) in [6, 6.07) is -0.773. The van der Waals surface area contributed by atoms with Gasteiger partial charge in [-0.2, -0.15) is 0 Å². The van der Waals surface area contributed by atoms with Crippen molar-refractivity contribution in [3.05, 3.63) is 72.9 Å². The summed E-state index contributed by atoms with van der Waals surface area (Å²) >= 11 is 0. The number of allylic oxidation sites excluding steroid dienone is 12. The van der Waals surface area contributed by atoms with E-state index in [2.05, 4.69) is 92.1 Å². The van der Waals surface area contributed by atoms with Gasteiger partial charge >= 0.3 is 7.82 Å². The van der Waals surface area contributed by atoms with Crippen LogP contribution in [0.3, 0.4) is 0 Å². The fourth-order valence-corrected chi connectivity index (χ4v) is 8.08.